The van der Waals surface area contributed by atoms with Gasteiger partial charge in [-0.15, -0.1) is 0 Å². The maximum atomic E-state index is 14.0. The summed E-state index contributed by atoms with van der Waals surface area (Å²) < 4.78 is 0. The Morgan fingerprint density at radius 2 is 1.11 bits per heavy atom. The molecule has 63 heavy (non-hydrogen) atoms. The molecule has 0 radical (unpaired) electrons. The van der Waals surface area contributed by atoms with Gasteiger partial charge in [-0.3, -0.25) is 62.9 Å². The van der Waals surface area contributed by atoms with Gasteiger partial charge in [-0.2, -0.15) is 0 Å². The van der Waals surface area contributed by atoms with E-state index in [0.717, 1.165) is 27.2 Å². The van der Waals surface area contributed by atoms with Crippen molar-refractivity contribution in [3.8, 4) is 11.1 Å². The number of imide groups is 1. The Bertz CT molecular complexity index is 1970. The average molecular weight is 877 g/mol. The van der Waals surface area contributed by atoms with E-state index in [1.165, 1.54) is 12.2 Å². The zero-order chi connectivity index (χ0) is 46.1. The number of aliphatic carboxylic acids is 3. The number of nitrogens with one attached hydrogen (secondary N) is 2. The largest absolute Gasteiger partial charge is 0.480 e. The van der Waals surface area contributed by atoms with E-state index >= 15 is 0 Å². The number of ketones is 1. The third-order valence-electron chi connectivity index (χ3n) is 11.1. The first kappa shape index (κ1) is 49.6. The van der Waals surface area contributed by atoms with Gasteiger partial charge in [0.1, 0.15) is 11.8 Å². The van der Waals surface area contributed by atoms with Gasteiger partial charge >= 0.3 is 17.9 Å². The lowest BCUT2D eigenvalue weighted by Gasteiger charge is -2.33. The summed E-state index contributed by atoms with van der Waals surface area (Å²) >= 11 is 0. The van der Waals surface area contributed by atoms with Crippen LogP contribution in [0.1, 0.15) is 49.7 Å². The molecule has 4 amide bonds. The Labute approximate surface area is 366 Å². The fourth-order valence-electron chi connectivity index (χ4n) is 7.42. The first-order valence-electron chi connectivity index (χ1n) is 21.1. The van der Waals surface area contributed by atoms with Gasteiger partial charge < -0.3 is 31.7 Å². The molecular formula is C44H60N8O11. The van der Waals surface area contributed by atoms with Crippen LogP contribution in [0.4, 0.5) is 11.4 Å². The normalized spacial score (nSPS) is 16.6. The number of hydrogen-bond donors (Lipinski definition) is 6. The van der Waals surface area contributed by atoms with Crippen molar-refractivity contribution in [1.29, 1.82) is 0 Å². The van der Waals surface area contributed by atoms with Gasteiger partial charge in [-0.1, -0.05) is 25.0 Å². The number of carbonyl (C=O) groups excluding carboxylic acids is 5. The van der Waals surface area contributed by atoms with Crippen molar-refractivity contribution in [1.82, 2.24) is 29.8 Å². The van der Waals surface area contributed by atoms with Crippen LogP contribution < -0.4 is 16.4 Å². The van der Waals surface area contributed by atoms with Crippen molar-refractivity contribution in [3.05, 3.63) is 59.7 Å². The minimum absolute atomic E-state index is 0.00931. The summed E-state index contributed by atoms with van der Waals surface area (Å²) in [5, 5.41) is 34.5. The molecule has 1 saturated heterocycles. The molecule has 2 aromatic rings. The number of hydrogen-bond acceptors (Lipinski definition) is 13. The highest BCUT2D eigenvalue weighted by Gasteiger charge is 2.26. The number of carboxylic acid groups (broad SMARTS) is 3. The molecule has 0 spiro atoms. The van der Waals surface area contributed by atoms with E-state index in [0.29, 0.717) is 30.6 Å². The standard InChI is InChI=1S/C44H60N8O11/c1-30-24-32(8-10-35(30)45)33-9-11-36(31(2)25-33)47-44(63)37(7-5-3-4-6-34(53)14-15-52-39(55)12-13-40(52)56)46-38(54)26-48-16-18-49(27-41(57)58)20-22-51(29-43(61)62)23-21-50(19-17-48)28-42(59)60/h8-13,24-25,37H,3-7,14-23,26-29,45H2,1-2H3,(H,46,54)(H,47,63)(H,57,58)(H,59,60)(H,61,62)/t37-/m0/s1. The van der Waals surface area contributed by atoms with Crippen molar-refractivity contribution < 1.29 is 53.7 Å². The van der Waals surface area contributed by atoms with E-state index in [1.54, 1.807) is 25.7 Å². The van der Waals surface area contributed by atoms with Gasteiger partial charge in [-0.25, -0.2) is 0 Å². The second kappa shape index (κ2) is 24.6. The molecule has 342 valence electrons. The number of benzene rings is 2. The second-order valence-electron chi connectivity index (χ2n) is 16.0. The minimum atomic E-state index is -1.07. The molecule has 1 atom stereocenters. The van der Waals surface area contributed by atoms with Crippen molar-refractivity contribution >= 4 is 58.7 Å². The van der Waals surface area contributed by atoms with Crippen molar-refractivity contribution in [2.45, 2.75) is 58.4 Å². The quantitative estimate of drug-likeness (QED) is 0.0586. The number of nitrogen functional groups attached to an aromatic ring is 1. The lowest BCUT2D eigenvalue weighted by atomic mass is 9.99. The Balaban J connectivity index is 1.45. The first-order valence-corrected chi connectivity index (χ1v) is 21.1. The zero-order valence-electron chi connectivity index (χ0n) is 36.1. The smallest absolute Gasteiger partial charge is 0.317 e. The maximum absolute atomic E-state index is 14.0. The molecule has 2 heterocycles. The molecular weight excluding hydrogens is 817 g/mol. The SMILES string of the molecule is Cc1cc(-c2ccc(NC(=O)[C@H](CCCCCC(=O)CCN3C(=O)C=CC3=O)NC(=O)CN3CCN(CC(=O)O)CCN(CC(=O)O)CCN(CC(=O)O)CC3)c(C)c2)ccc1N. The summed E-state index contributed by atoms with van der Waals surface area (Å²) in [6.07, 6.45) is 4.36. The molecule has 19 nitrogen and oxygen atoms in total. The third-order valence-corrected chi connectivity index (χ3v) is 11.1. The van der Waals surface area contributed by atoms with Gasteiger partial charge in [0.15, 0.2) is 0 Å². The summed E-state index contributed by atoms with van der Waals surface area (Å²) in [4.78, 5) is 107. The number of anilines is 2. The molecule has 0 aromatic heterocycles. The van der Waals surface area contributed by atoms with Crippen LogP contribution in [-0.4, -0.2) is 178 Å². The van der Waals surface area contributed by atoms with E-state index in [4.69, 9.17) is 5.73 Å². The van der Waals surface area contributed by atoms with Crippen LogP contribution in [0.25, 0.3) is 11.1 Å². The van der Waals surface area contributed by atoms with Crippen molar-refractivity contribution in [2.24, 2.45) is 0 Å². The molecule has 0 unspecified atom stereocenters. The molecule has 2 aliphatic rings. The minimum Gasteiger partial charge on any atom is -0.480 e. The van der Waals surface area contributed by atoms with Gasteiger partial charge in [0, 0.05) is 95.3 Å². The van der Waals surface area contributed by atoms with Gasteiger partial charge in [-0.05, 0) is 73.2 Å². The molecule has 2 aromatic carbocycles. The van der Waals surface area contributed by atoms with E-state index in [-0.39, 0.29) is 110 Å². The second-order valence-corrected chi connectivity index (χ2v) is 16.0. The highest BCUT2D eigenvalue weighted by molar-refractivity contribution is 6.13. The molecule has 4 rings (SSSR count). The lowest BCUT2D eigenvalue weighted by molar-refractivity contribution is -0.140. The first-order chi connectivity index (χ1) is 30.0. The molecule has 1 fully saturated rings. The molecule has 2 aliphatic heterocycles. The van der Waals surface area contributed by atoms with Crippen LogP contribution in [0.3, 0.4) is 0 Å². The van der Waals surface area contributed by atoms with E-state index < -0.39 is 47.6 Å². The van der Waals surface area contributed by atoms with Crippen LogP contribution in [0.2, 0.25) is 0 Å². The molecule has 19 heteroatoms. The predicted molar refractivity (Wildman–Crippen MR) is 234 cm³/mol. The number of carbonyl (C=O) groups is 8. The summed E-state index contributed by atoms with van der Waals surface area (Å²) in [7, 11) is 0. The Morgan fingerprint density at radius 3 is 1.59 bits per heavy atom. The van der Waals surface area contributed by atoms with Gasteiger partial charge in [0.2, 0.25) is 11.8 Å². The molecule has 0 aliphatic carbocycles. The Kier molecular flexibility index (Phi) is 19.4. The zero-order valence-corrected chi connectivity index (χ0v) is 36.1. The number of rotatable bonds is 21. The van der Waals surface area contributed by atoms with Crippen LogP contribution in [-0.2, 0) is 38.4 Å². The van der Waals surface area contributed by atoms with Crippen LogP contribution in [0, 0.1) is 13.8 Å². The molecule has 0 bridgehead atoms. The monoisotopic (exact) mass is 876 g/mol. The Morgan fingerprint density at radius 1 is 0.635 bits per heavy atom. The highest BCUT2D eigenvalue weighted by atomic mass is 16.4. The van der Waals surface area contributed by atoms with Gasteiger partial charge in [0.05, 0.1) is 26.2 Å². The maximum Gasteiger partial charge on any atom is 0.317 e. The fourth-order valence-corrected chi connectivity index (χ4v) is 7.42. The molecule has 0 saturated carbocycles. The van der Waals surface area contributed by atoms with E-state index in [9.17, 15) is 53.7 Å². The Hall–Kier alpha value is -6.02. The number of aryl methyl sites for hydroxylation is 2. The third kappa shape index (κ3) is 17.0. The van der Waals surface area contributed by atoms with E-state index in [2.05, 4.69) is 10.6 Å². The number of amides is 4. The van der Waals surface area contributed by atoms with Crippen LogP contribution >= 0.6 is 0 Å². The summed E-state index contributed by atoms with van der Waals surface area (Å²) in [5.41, 5.74) is 10.8. The lowest BCUT2D eigenvalue weighted by Crippen LogP contribution is -2.51. The topological polar surface area (TPSA) is 264 Å². The van der Waals surface area contributed by atoms with E-state index in [1.807, 2.05) is 44.2 Å². The number of nitrogens with zero attached hydrogens (tertiary/aromatic N) is 5. The highest BCUT2D eigenvalue weighted by Crippen LogP contribution is 2.27. The van der Waals surface area contributed by atoms with Crippen molar-refractivity contribution in [2.75, 3.05) is 96.1 Å². The van der Waals surface area contributed by atoms with Crippen LogP contribution in [0.5, 0.6) is 0 Å². The number of unbranched alkanes of at least 4 members (excludes halogenated alkanes) is 2. The summed E-state index contributed by atoms with van der Waals surface area (Å²) in [6.45, 7) is 4.49. The average Bonchev–Trinajstić information content (AvgIpc) is 3.54. The van der Waals surface area contributed by atoms with Gasteiger partial charge in [0.25, 0.3) is 11.8 Å². The summed E-state index contributed by atoms with van der Waals surface area (Å²) in [5.74, 6) is -5.13. The fraction of sp³-hybridized carbons (Fsp3) is 0.500. The predicted octanol–water partition coefficient (Wildman–Crippen LogP) is 1.29. The number of Topliss-reactive ketones (excluding diaryl/α,β-unsaturated/α-hetero) is 1. The summed E-state index contributed by atoms with van der Waals surface area (Å²) in [6, 6.07) is 10.4. The molecule has 7 N–H and O–H groups in total. The number of carboxylic acids is 3. The number of nitrogens with two attached hydrogens (primary N) is 1. The van der Waals surface area contributed by atoms with Crippen molar-refractivity contribution in [3.63, 3.8) is 0 Å². The van der Waals surface area contributed by atoms with Crippen LogP contribution in [0.15, 0.2) is 48.6 Å².